The van der Waals surface area contributed by atoms with Gasteiger partial charge >= 0.3 is 6.03 Å². The number of amides is 4. The second-order valence-electron chi connectivity index (χ2n) is 6.10. The fraction of sp³-hybridized carbons (Fsp3) is 0.118. The van der Waals surface area contributed by atoms with E-state index in [-0.39, 0.29) is 11.3 Å². The van der Waals surface area contributed by atoms with Crippen LogP contribution in [0.1, 0.15) is 22.8 Å². The third-order valence-electron chi connectivity index (χ3n) is 4.18. The second-order valence-corrected chi connectivity index (χ2v) is 6.10. The van der Waals surface area contributed by atoms with Gasteiger partial charge in [-0.3, -0.25) is 25.1 Å². The summed E-state index contributed by atoms with van der Waals surface area (Å²) in [6.45, 7) is 1.35. The molecule has 144 valence electrons. The zero-order valence-corrected chi connectivity index (χ0v) is 14.2. The van der Waals surface area contributed by atoms with Gasteiger partial charge in [0, 0.05) is 23.8 Å². The van der Waals surface area contributed by atoms with Crippen LogP contribution >= 0.6 is 0 Å². The summed E-state index contributed by atoms with van der Waals surface area (Å²) < 4.78 is 26.5. The molecular weight excluding hydrogens is 378 g/mol. The van der Waals surface area contributed by atoms with Crippen molar-refractivity contribution in [1.29, 1.82) is 0 Å². The van der Waals surface area contributed by atoms with E-state index in [0.717, 1.165) is 24.3 Å². The van der Waals surface area contributed by atoms with Crippen LogP contribution in [0.2, 0.25) is 0 Å². The molecule has 1 fully saturated rings. The van der Waals surface area contributed by atoms with Gasteiger partial charge in [0.05, 0.1) is 4.92 Å². The summed E-state index contributed by atoms with van der Waals surface area (Å²) in [7, 11) is 0. The molecule has 2 N–H and O–H groups in total. The highest BCUT2D eigenvalue weighted by Crippen LogP contribution is 2.29. The van der Waals surface area contributed by atoms with Gasteiger partial charge in [0.25, 0.3) is 17.5 Å². The zero-order valence-electron chi connectivity index (χ0n) is 14.2. The molecule has 0 aliphatic carbocycles. The number of imide groups is 1. The van der Waals surface area contributed by atoms with Gasteiger partial charge in [0.2, 0.25) is 0 Å². The highest BCUT2D eigenvalue weighted by Gasteiger charge is 2.50. The highest BCUT2D eigenvalue weighted by atomic mass is 19.1. The minimum atomic E-state index is -1.60. The molecule has 0 aromatic heterocycles. The molecule has 2 aromatic carbocycles. The Hall–Kier alpha value is -3.89. The number of carbonyl (C=O) groups is 3. The lowest BCUT2D eigenvalue weighted by molar-refractivity contribution is -0.384. The summed E-state index contributed by atoms with van der Waals surface area (Å²) in [6, 6.07) is 5.99. The Morgan fingerprint density at radius 2 is 1.71 bits per heavy atom. The van der Waals surface area contributed by atoms with Gasteiger partial charge < -0.3 is 5.32 Å². The van der Waals surface area contributed by atoms with E-state index in [2.05, 4.69) is 5.32 Å². The van der Waals surface area contributed by atoms with Crippen molar-refractivity contribution in [3.05, 3.63) is 75.3 Å². The number of hydrazine groups is 1. The van der Waals surface area contributed by atoms with Crippen molar-refractivity contribution in [2.75, 3.05) is 0 Å². The van der Waals surface area contributed by atoms with Crippen LogP contribution in [0.15, 0.2) is 42.5 Å². The van der Waals surface area contributed by atoms with Gasteiger partial charge in [0.1, 0.15) is 17.2 Å². The molecule has 3 rings (SSSR count). The van der Waals surface area contributed by atoms with Crippen LogP contribution in [0.5, 0.6) is 0 Å². The number of nitro groups is 1. The van der Waals surface area contributed by atoms with Crippen LogP contribution in [0.4, 0.5) is 19.3 Å². The van der Waals surface area contributed by atoms with Gasteiger partial charge in [-0.2, -0.15) is 5.01 Å². The van der Waals surface area contributed by atoms with E-state index in [1.54, 1.807) is 0 Å². The number of non-ortho nitro benzene ring substituents is 1. The predicted octanol–water partition coefficient (Wildman–Crippen LogP) is 1.98. The van der Waals surface area contributed by atoms with E-state index in [1.165, 1.54) is 19.1 Å². The fourth-order valence-electron chi connectivity index (χ4n) is 2.70. The second kappa shape index (κ2) is 6.68. The fourth-order valence-corrected chi connectivity index (χ4v) is 2.70. The van der Waals surface area contributed by atoms with Crippen LogP contribution in [0.3, 0.4) is 0 Å². The van der Waals surface area contributed by atoms with Gasteiger partial charge in [-0.1, -0.05) is 0 Å². The average molecular weight is 390 g/mol. The number of nitro benzene ring substituents is 1. The van der Waals surface area contributed by atoms with Crippen molar-refractivity contribution < 1.29 is 28.1 Å². The lowest BCUT2D eigenvalue weighted by Gasteiger charge is -2.22. The molecule has 1 aliphatic rings. The van der Waals surface area contributed by atoms with Crippen LogP contribution < -0.4 is 10.7 Å². The quantitative estimate of drug-likeness (QED) is 0.470. The van der Waals surface area contributed by atoms with Crippen LogP contribution in [0, 0.1) is 21.7 Å². The summed E-state index contributed by atoms with van der Waals surface area (Å²) in [5, 5.41) is 13.5. The first-order chi connectivity index (χ1) is 13.1. The van der Waals surface area contributed by atoms with E-state index in [9.17, 15) is 33.3 Å². The lowest BCUT2D eigenvalue weighted by Crippen LogP contribution is -2.48. The number of hydrogen-bond acceptors (Lipinski definition) is 5. The first-order valence-corrected chi connectivity index (χ1v) is 7.80. The van der Waals surface area contributed by atoms with Crippen molar-refractivity contribution >= 4 is 23.5 Å². The summed E-state index contributed by atoms with van der Waals surface area (Å²) >= 11 is 0. The van der Waals surface area contributed by atoms with Crippen molar-refractivity contribution in [3.8, 4) is 0 Å². The molecule has 1 heterocycles. The molecule has 1 saturated heterocycles. The number of nitrogens with one attached hydrogen (secondary N) is 2. The molecule has 28 heavy (non-hydrogen) atoms. The van der Waals surface area contributed by atoms with Crippen molar-refractivity contribution in [2.45, 2.75) is 12.5 Å². The molecule has 0 spiro atoms. The van der Waals surface area contributed by atoms with Crippen LogP contribution in [-0.2, 0) is 10.3 Å². The lowest BCUT2D eigenvalue weighted by atomic mass is 9.92. The standard InChI is InChI=1S/C17H12F2N4O5/c1-17(10-2-4-13(5-3-10)23(27)28)15(25)22(16(26)20-17)21-14(24)9-6-11(18)8-12(19)7-9/h2-8H,1H3,(H,20,26)(H,21,24)/t17-/m0/s1. The third kappa shape index (κ3) is 3.24. The first kappa shape index (κ1) is 18.9. The number of rotatable bonds is 4. The molecular formula is C17H12F2N4O5. The van der Waals surface area contributed by atoms with Gasteiger partial charge in [-0.05, 0) is 36.8 Å². The van der Waals surface area contributed by atoms with E-state index in [4.69, 9.17) is 0 Å². The molecule has 9 nitrogen and oxygen atoms in total. The average Bonchev–Trinajstić information content (AvgIpc) is 2.85. The summed E-state index contributed by atoms with van der Waals surface area (Å²) in [4.78, 5) is 47.2. The Morgan fingerprint density at radius 3 is 2.25 bits per heavy atom. The number of hydrogen-bond donors (Lipinski definition) is 2. The Bertz CT molecular complexity index is 991. The van der Waals surface area contributed by atoms with Gasteiger partial charge in [-0.25, -0.2) is 13.6 Å². The number of carbonyl (C=O) groups excluding carboxylic acids is 3. The summed E-state index contributed by atoms with van der Waals surface area (Å²) in [5.41, 5.74) is -0.00356. The molecule has 0 radical (unpaired) electrons. The number of nitrogens with zero attached hydrogens (tertiary/aromatic N) is 2. The number of benzene rings is 2. The van der Waals surface area contributed by atoms with Crippen molar-refractivity contribution in [3.63, 3.8) is 0 Å². The Balaban J connectivity index is 1.84. The maximum Gasteiger partial charge on any atom is 0.344 e. The molecule has 0 unspecified atom stereocenters. The molecule has 0 bridgehead atoms. The zero-order chi connectivity index (χ0) is 20.6. The summed E-state index contributed by atoms with van der Waals surface area (Å²) in [6.07, 6.45) is 0. The largest absolute Gasteiger partial charge is 0.344 e. The third-order valence-corrected chi connectivity index (χ3v) is 4.18. The van der Waals surface area contributed by atoms with Crippen LogP contribution in [0.25, 0.3) is 0 Å². The SMILES string of the molecule is C[C@@]1(c2ccc([N+](=O)[O-])cc2)NC(=O)N(NC(=O)c2cc(F)cc(F)c2)C1=O. The topological polar surface area (TPSA) is 122 Å². The van der Waals surface area contributed by atoms with Gasteiger partial charge in [0.15, 0.2) is 0 Å². The molecule has 1 aliphatic heterocycles. The first-order valence-electron chi connectivity index (χ1n) is 7.80. The van der Waals surface area contributed by atoms with E-state index < -0.39 is 45.5 Å². The van der Waals surface area contributed by atoms with Crippen molar-refractivity contribution in [1.82, 2.24) is 15.8 Å². The van der Waals surface area contributed by atoms with E-state index in [1.807, 2.05) is 5.43 Å². The number of halogens is 2. The summed E-state index contributed by atoms with van der Waals surface area (Å²) in [5.74, 6) is -3.96. The Labute approximate surface area is 156 Å². The Kier molecular flexibility index (Phi) is 4.51. The molecule has 2 aromatic rings. The number of urea groups is 1. The molecule has 4 amide bonds. The smallest absolute Gasteiger partial charge is 0.318 e. The normalized spacial score (nSPS) is 18.8. The minimum Gasteiger partial charge on any atom is -0.318 e. The highest BCUT2D eigenvalue weighted by molar-refractivity contribution is 6.09. The molecule has 11 heteroatoms. The maximum atomic E-state index is 13.3. The minimum absolute atomic E-state index is 0.206. The van der Waals surface area contributed by atoms with Crippen molar-refractivity contribution in [2.24, 2.45) is 0 Å². The van der Waals surface area contributed by atoms with Crippen LogP contribution in [-0.4, -0.2) is 27.8 Å². The Morgan fingerprint density at radius 1 is 1.14 bits per heavy atom. The molecule has 0 saturated carbocycles. The predicted molar refractivity (Wildman–Crippen MR) is 89.7 cm³/mol. The molecule has 1 atom stereocenters. The monoisotopic (exact) mass is 390 g/mol. The van der Waals surface area contributed by atoms with E-state index in [0.29, 0.717) is 11.1 Å². The van der Waals surface area contributed by atoms with E-state index >= 15 is 0 Å². The maximum absolute atomic E-state index is 13.3. The van der Waals surface area contributed by atoms with Gasteiger partial charge in [-0.15, -0.1) is 0 Å².